The third-order valence-corrected chi connectivity index (χ3v) is 4.39. The number of nitrogens with one attached hydrogen (secondary N) is 1. The van der Waals surface area contributed by atoms with E-state index in [4.69, 9.17) is 0 Å². The van der Waals surface area contributed by atoms with E-state index >= 15 is 0 Å². The third-order valence-electron chi connectivity index (χ3n) is 4.39. The zero-order chi connectivity index (χ0) is 17.9. The topological polar surface area (TPSA) is 49.4 Å². The van der Waals surface area contributed by atoms with Gasteiger partial charge < -0.3 is 10.2 Å². The van der Waals surface area contributed by atoms with Gasteiger partial charge in [0.2, 0.25) is 11.8 Å². The summed E-state index contributed by atoms with van der Waals surface area (Å²) in [4.78, 5) is 26.4. The van der Waals surface area contributed by atoms with Gasteiger partial charge in [-0.2, -0.15) is 0 Å². The average molecular weight is 330 g/mol. The van der Waals surface area contributed by atoms with Gasteiger partial charge in [0, 0.05) is 18.0 Å². The molecule has 0 saturated heterocycles. The van der Waals surface area contributed by atoms with Crippen LogP contribution in [0.2, 0.25) is 0 Å². The average Bonchev–Trinajstić information content (AvgIpc) is 3.34. The first-order valence-corrected chi connectivity index (χ1v) is 8.85. The van der Waals surface area contributed by atoms with Crippen molar-refractivity contribution in [2.45, 2.75) is 66.0 Å². The van der Waals surface area contributed by atoms with Crippen LogP contribution < -0.4 is 5.32 Å². The number of amides is 2. The van der Waals surface area contributed by atoms with E-state index in [1.807, 2.05) is 25.7 Å². The van der Waals surface area contributed by atoms with Crippen LogP contribution in [0, 0.1) is 5.41 Å². The van der Waals surface area contributed by atoms with E-state index in [0.29, 0.717) is 18.5 Å². The van der Waals surface area contributed by atoms with Gasteiger partial charge in [0.25, 0.3) is 0 Å². The molecule has 1 aromatic carbocycles. The summed E-state index contributed by atoms with van der Waals surface area (Å²) in [5.41, 5.74) is 1.97. The SMILES string of the molecule is CC(C)c1ccc(CN(C(=O)CNC(=O)C(C)(C)C)C2CC2)cc1. The Morgan fingerprint density at radius 2 is 1.75 bits per heavy atom. The molecular weight excluding hydrogens is 300 g/mol. The van der Waals surface area contributed by atoms with Gasteiger partial charge in [-0.1, -0.05) is 58.9 Å². The quantitative estimate of drug-likeness (QED) is 0.868. The first-order valence-electron chi connectivity index (χ1n) is 8.85. The van der Waals surface area contributed by atoms with Gasteiger partial charge in [0.15, 0.2) is 0 Å². The highest BCUT2D eigenvalue weighted by atomic mass is 16.2. The number of carbonyl (C=O) groups excluding carboxylic acids is 2. The molecule has 0 heterocycles. The molecule has 0 aromatic heterocycles. The van der Waals surface area contributed by atoms with Crippen LogP contribution in [-0.4, -0.2) is 29.3 Å². The Kier molecular flexibility index (Phi) is 5.68. The zero-order valence-electron chi connectivity index (χ0n) is 15.6. The van der Waals surface area contributed by atoms with Crippen LogP contribution in [0.15, 0.2) is 24.3 Å². The maximum Gasteiger partial charge on any atom is 0.242 e. The summed E-state index contributed by atoms with van der Waals surface area (Å²) in [7, 11) is 0. The van der Waals surface area contributed by atoms with Crippen molar-refractivity contribution in [1.29, 1.82) is 0 Å². The molecule has 2 rings (SSSR count). The molecule has 4 heteroatoms. The zero-order valence-corrected chi connectivity index (χ0v) is 15.6. The van der Waals surface area contributed by atoms with Crippen molar-refractivity contribution in [3.05, 3.63) is 35.4 Å². The second-order valence-electron chi connectivity index (χ2n) is 8.08. The van der Waals surface area contributed by atoms with E-state index in [0.717, 1.165) is 18.4 Å². The number of rotatable bonds is 6. The molecule has 24 heavy (non-hydrogen) atoms. The lowest BCUT2D eigenvalue weighted by atomic mass is 9.96. The van der Waals surface area contributed by atoms with Gasteiger partial charge in [-0.15, -0.1) is 0 Å². The van der Waals surface area contributed by atoms with Crippen LogP contribution in [0.3, 0.4) is 0 Å². The first-order chi connectivity index (χ1) is 11.2. The summed E-state index contributed by atoms with van der Waals surface area (Å²) >= 11 is 0. The molecule has 1 aliphatic rings. The molecule has 0 atom stereocenters. The number of carbonyl (C=O) groups is 2. The van der Waals surface area contributed by atoms with Crippen molar-refractivity contribution in [2.24, 2.45) is 5.41 Å². The molecule has 0 spiro atoms. The number of hydrogen-bond acceptors (Lipinski definition) is 2. The fourth-order valence-electron chi connectivity index (χ4n) is 2.53. The van der Waals surface area contributed by atoms with Crippen molar-refractivity contribution >= 4 is 11.8 Å². The van der Waals surface area contributed by atoms with Crippen molar-refractivity contribution < 1.29 is 9.59 Å². The highest BCUT2D eigenvalue weighted by molar-refractivity contribution is 5.87. The minimum atomic E-state index is -0.475. The van der Waals surface area contributed by atoms with Crippen molar-refractivity contribution in [1.82, 2.24) is 10.2 Å². The van der Waals surface area contributed by atoms with E-state index in [2.05, 4.69) is 43.4 Å². The molecule has 0 bridgehead atoms. The Hall–Kier alpha value is -1.84. The molecular formula is C20H30N2O2. The summed E-state index contributed by atoms with van der Waals surface area (Å²) in [5.74, 6) is 0.420. The predicted molar refractivity (Wildman–Crippen MR) is 96.6 cm³/mol. The summed E-state index contributed by atoms with van der Waals surface area (Å²) < 4.78 is 0. The van der Waals surface area contributed by atoms with E-state index in [1.165, 1.54) is 5.56 Å². The maximum absolute atomic E-state index is 12.5. The first kappa shape index (κ1) is 18.5. The minimum absolute atomic E-state index is 0.00281. The van der Waals surface area contributed by atoms with E-state index in [1.54, 1.807) is 0 Å². The second kappa shape index (κ2) is 7.37. The van der Waals surface area contributed by atoms with Gasteiger partial charge in [-0.25, -0.2) is 0 Å². The molecule has 1 fully saturated rings. The van der Waals surface area contributed by atoms with Crippen LogP contribution in [0.1, 0.15) is 64.5 Å². The van der Waals surface area contributed by atoms with Crippen LogP contribution in [-0.2, 0) is 16.1 Å². The third kappa shape index (κ3) is 5.08. The van der Waals surface area contributed by atoms with E-state index in [9.17, 15) is 9.59 Å². The van der Waals surface area contributed by atoms with Gasteiger partial charge >= 0.3 is 0 Å². The molecule has 0 aliphatic heterocycles. The van der Waals surface area contributed by atoms with E-state index in [-0.39, 0.29) is 18.4 Å². The van der Waals surface area contributed by atoms with Gasteiger partial charge in [0.1, 0.15) is 0 Å². The van der Waals surface area contributed by atoms with Crippen LogP contribution in [0.4, 0.5) is 0 Å². The Morgan fingerprint density at radius 3 is 2.21 bits per heavy atom. The van der Waals surface area contributed by atoms with Crippen LogP contribution in [0.25, 0.3) is 0 Å². The lowest BCUT2D eigenvalue weighted by molar-refractivity contribution is -0.136. The predicted octanol–water partition coefficient (Wildman–Crippen LogP) is 3.46. The lowest BCUT2D eigenvalue weighted by Gasteiger charge is -2.24. The lowest BCUT2D eigenvalue weighted by Crippen LogP contribution is -2.44. The number of hydrogen-bond donors (Lipinski definition) is 1. The van der Waals surface area contributed by atoms with Crippen molar-refractivity contribution in [2.75, 3.05) is 6.54 Å². The van der Waals surface area contributed by atoms with E-state index < -0.39 is 5.41 Å². The Labute approximate surface area is 145 Å². The number of nitrogens with zero attached hydrogens (tertiary/aromatic N) is 1. The molecule has 1 N–H and O–H groups in total. The molecule has 0 radical (unpaired) electrons. The number of benzene rings is 1. The summed E-state index contributed by atoms with van der Waals surface area (Å²) in [5, 5.41) is 2.77. The summed E-state index contributed by atoms with van der Waals surface area (Å²) in [6.45, 7) is 10.6. The monoisotopic (exact) mass is 330 g/mol. The molecule has 1 aromatic rings. The van der Waals surface area contributed by atoms with Crippen molar-refractivity contribution in [3.63, 3.8) is 0 Å². The molecule has 4 nitrogen and oxygen atoms in total. The van der Waals surface area contributed by atoms with Crippen LogP contribution in [0.5, 0.6) is 0 Å². The molecule has 1 aliphatic carbocycles. The minimum Gasteiger partial charge on any atom is -0.347 e. The Balaban J connectivity index is 1.96. The highest BCUT2D eigenvalue weighted by Crippen LogP contribution is 2.28. The smallest absolute Gasteiger partial charge is 0.242 e. The highest BCUT2D eigenvalue weighted by Gasteiger charge is 2.33. The summed E-state index contributed by atoms with van der Waals surface area (Å²) in [6, 6.07) is 8.81. The Bertz CT molecular complexity index is 581. The Morgan fingerprint density at radius 1 is 1.17 bits per heavy atom. The fraction of sp³-hybridized carbons (Fsp3) is 0.600. The largest absolute Gasteiger partial charge is 0.347 e. The van der Waals surface area contributed by atoms with Crippen molar-refractivity contribution in [3.8, 4) is 0 Å². The molecule has 1 saturated carbocycles. The maximum atomic E-state index is 12.5. The van der Waals surface area contributed by atoms with Crippen LogP contribution >= 0.6 is 0 Å². The molecule has 2 amide bonds. The van der Waals surface area contributed by atoms with Gasteiger partial charge in [-0.3, -0.25) is 9.59 Å². The molecule has 132 valence electrons. The molecule has 0 unspecified atom stereocenters. The summed E-state index contributed by atoms with van der Waals surface area (Å²) in [6.07, 6.45) is 2.12. The normalized spacial score (nSPS) is 14.6. The fourth-order valence-corrected chi connectivity index (χ4v) is 2.53. The standard InChI is InChI=1S/C20H30N2O2/c1-14(2)16-8-6-15(7-9-16)13-22(17-10-11-17)18(23)12-21-19(24)20(3,4)5/h6-9,14,17H,10-13H2,1-5H3,(H,21,24). The van der Waals surface area contributed by atoms with Gasteiger partial charge in [-0.05, 0) is 29.9 Å². The second-order valence-corrected chi connectivity index (χ2v) is 8.08. The van der Waals surface area contributed by atoms with Gasteiger partial charge in [0.05, 0.1) is 6.54 Å².